The molecule has 7 heteroatoms. The molecule has 0 spiro atoms. The first kappa shape index (κ1) is 29.3. The van der Waals surface area contributed by atoms with Gasteiger partial charge in [0.1, 0.15) is 10.9 Å². The van der Waals surface area contributed by atoms with Crippen molar-refractivity contribution in [1.82, 2.24) is 4.90 Å². The molecule has 2 aliphatic heterocycles. The van der Waals surface area contributed by atoms with E-state index in [1.807, 2.05) is 18.2 Å². The molecule has 2 heterocycles. The number of benzene rings is 4. The number of carboxylic acids is 1. The van der Waals surface area contributed by atoms with Gasteiger partial charge in [0.25, 0.3) is 5.91 Å². The molecule has 2 fully saturated rings. The molecule has 2 atom stereocenters. The van der Waals surface area contributed by atoms with Crippen LogP contribution in [0.4, 0.5) is 11.4 Å². The first-order valence-corrected chi connectivity index (χ1v) is 16.5. The van der Waals surface area contributed by atoms with Crippen LogP contribution >= 0.6 is 24.0 Å². The Kier molecular flexibility index (Phi) is 8.13. The van der Waals surface area contributed by atoms with Gasteiger partial charge in [-0.15, -0.1) is 0 Å². The van der Waals surface area contributed by atoms with Crippen molar-refractivity contribution in [2.45, 2.75) is 37.6 Å². The molecule has 4 aromatic rings. The Morgan fingerprint density at radius 3 is 2.18 bits per heavy atom. The van der Waals surface area contributed by atoms with Crippen molar-refractivity contribution in [2.24, 2.45) is 0 Å². The molecule has 0 bridgehead atoms. The van der Waals surface area contributed by atoms with Crippen LogP contribution in [-0.4, -0.2) is 38.8 Å². The Labute approximate surface area is 272 Å². The summed E-state index contributed by atoms with van der Waals surface area (Å²) >= 11 is 6.45. The van der Waals surface area contributed by atoms with E-state index in [-0.39, 0.29) is 10.2 Å². The van der Waals surface area contributed by atoms with Crippen molar-refractivity contribution in [3.63, 3.8) is 0 Å². The van der Waals surface area contributed by atoms with E-state index >= 15 is 0 Å². The molecule has 0 aromatic heterocycles. The summed E-state index contributed by atoms with van der Waals surface area (Å²) in [4.78, 5) is 28.2. The minimum Gasteiger partial charge on any atom is -0.480 e. The largest absolute Gasteiger partial charge is 0.480 e. The number of carboxylic acid groups (broad SMARTS) is 1. The highest BCUT2D eigenvalue weighted by molar-refractivity contribution is 8.26. The third-order valence-electron chi connectivity index (χ3n) is 8.89. The number of hydrogen-bond acceptors (Lipinski definition) is 5. The van der Waals surface area contributed by atoms with Gasteiger partial charge >= 0.3 is 5.97 Å². The summed E-state index contributed by atoms with van der Waals surface area (Å²) in [7, 11) is 0. The summed E-state index contributed by atoms with van der Waals surface area (Å²) in [6.45, 7) is -0.417. The minimum absolute atomic E-state index is 0.284. The van der Waals surface area contributed by atoms with Crippen molar-refractivity contribution in [3.05, 3.63) is 136 Å². The van der Waals surface area contributed by atoms with Gasteiger partial charge in [0.2, 0.25) is 0 Å². The molecular formula is C38H32N2O3S2. The van der Waals surface area contributed by atoms with Gasteiger partial charge in [0.15, 0.2) is 0 Å². The normalized spacial score (nSPS) is 19.9. The third-order valence-corrected chi connectivity index (χ3v) is 10.3. The molecule has 3 aliphatic rings. The molecule has 224 valence electrons. The van der Waals surface area contributed by atoms with Crippen LogP contribution in [0.1, 0.15) is 59.4 Å². The Hall–Kier alpha value is -4.46. The maximum Gasteiger partial charge on any atom is 0.323 e. The van der Waals surface area contributed by atoms with Crippen molar-refractivity contribution >= 4 is 69.3 Å². The number of anilines is 2. The smallest absolute Gasteiger partial charge is 0.323 e. The number of carbonyl (C=O) groups is 2. The molecule has 1 saturated heterocycles. The SMILES string of the molecule is O=C(O)CN1C(=O)C(=Cc2ccc3c(c2)C2CCCCC2N3c2ccc(C=C(c3ccccc3)c3ccccc3)cc2)SC1=S. The summed E-state index contributed by atoms with van der Waals surface area (Å²) < 4.78 is 0.284. The van der Waals surface area contributed by atoms with Gasteiger partial charge in [-0.1, -0.05) is 116 Å². The van der Waals surface area contributed by atoms with Crippen molar-refractivity contribution < 1.29 is 14.7 Å². The van der Waals surface area contributed by atoms with Gasteiger partial charge in [0.05, 0.1) is 4.91 Å². The lowest BCUT2D eigenvalue weighted by Crippen LogP contribution is -2.33. The molecule has 1 N–H and O–H groups in total. The Bertz CT molecular complexity index is 1790. The number of nitrogens with zero attached hydrogens (tertiary/aromatic N) is 2. The average molecular weight is 629 g/mol. The van der Waals surface area contributed by atoms with Crippen molar-refractivity contribution in [2.75, 3.05) is 11.4 Å². The molecular weight excluding hydrogens is 597 g/mol. The monoisotopic (exact) mass is 628 g/mol. The third kappa shape index (κ3) is 5.86. The maximum atomic E-state index is 12.9. The number of rotatable bonds is 7. The minimum atomic E-state index is -1.08. The predicted molar refractivity (Wildman–Crippen MR) is 187 cm³/mol. The number of carbonyl (C=O) groups excluding carboxylic acids is 1. The number of fused-ring (bicyclic) bond motifs is 3. The van der Waals surface area contributed by atoms with Gasteiger partial charge < -0.3 is 10.0 Å². The van der Waals surface area contributed by atoms with Crippen LogP contribution in [0, 0.1) is 0 Å². The van der Waals surface area contributed by atoms with E-state index in [9.17, 15) is 14.7 Å². The molecule has 4 aromatic carbocycles. The zero-order chi connectivity index (χ0) is 30.9. The summed E-state index contributed by atoms with van der Waals surface area (Å²) in [6.07, 6.45) is 8.80. The lowest BCUT2D eigenvalue weighted by atomic mass is 9.82. The van der Waals surface area contributed by atoms with Gasteiger partial charge in [-0.25, -0.2) is 0 Å². The summed E-state index contributed by atoms with van der Waals surface area (Å²) in [6, 6.07) is 36.8. The van der Waals surface area contributed by atoms with E-state index < -0.39 is 12.5 Å². The van der Waals surface area contributed by atoms with Gasteiger partial charge in [-0.3, -0.25) is 14.5 Å². The highest BCUT2D eigenvalue weighted by Crippen LogP contribution is 2.51. The first-order valence-electron chi connectivity index (χ1n) is 15.3. The van der Waals surface area contributed by atoms with Crippen LogP contribution in [0.25, 0.3) is 17.7 Å². The van der Waals surface area contributed by atoms with Crippen LogP contribution in [-0.2, 0) is 9.59 Å². The van der Waals surface area contributed by atoms with E-state index in [4.69, 9.17) is 12.2 Å². The number of thiocarbonyl (C=S) groups is 1. The Morgan fingerprint density at radius 2 is 1.51 bits per heavy atom. The fraction of sp³-hybridized carbons (Fsp3) is 0.184. The maximum absolute atomic E-state index is 12.9. The molecule has 45 heavy (non-hydrogen) atoms. The molecule has 5 nitrogen and oxygen atoms in total. The number of amides is 1. The molecule has 7 rings (SSSR count). The van der Waals surface area contributed by atoms with E-state index in [2.05, 4.69) is 102 Å². The van der Waals surface area contributed by atoms with E-state index in [1.165, 1.54) is 46.5 Å². The van der Waals surface area contributed by atoms with Crippen LogP contribution in [0.15, 0.2) is 108 Å². The molecule has 1 aliphatic carbocycles. The van der Waals surface area contributed by atoms with E-state index in [0.29, 0.717) is 16.9 Å². The fourth-order valence-corrected chi connectivity index (χ4v) is 8.12. The quantitative estimate of drug-likeness (QED) is 0.125. The van der Waals surface area contributed by atoms with Crippen LogP contribution in [0.5, 0.6) is 0 Å². The average Bonchev–Trinajstić information content (AvgIpc) is 3.53. The highest BCUT2D eigenvalue weighted by atomic mass is 32.2. The summed E-state index contributed by atoms with van der Waals surface area (Å²) in [5, 5.41) is 9.18. The lowest BCUT2D eigenvalue weighted by Gasteiger charge is -2.33. The van der Waals surface area contributed by atoms with Crippen molar-refractivity contribution in [3.8, 4) is 0 Å². The van der Waals surface area contributed by atoms with E-state index in [0.717, 1.165) is 40.6 Å². The lowest BCUT2D eigenvalue weighted by molar-refractivity contribution is -0.140. The second-order valence-electron chi connectivity index (χ2n) is 11.7. The molecule has 1 saturated carbocycles. The fourth-order valence-electron chi connectivity index (χ4n) is 6.86. The van der Waals surface area contributed by atoms with Gasteiger partial charge in [-0.05, 0) is 82.6 Å². The van der Waals surface area contributed by atoms with Crippen LogP contribution in [0.2, 0.25) is 0 Å². The zero-order valence-corrected chi connectivity index (χ0v) is 26.3. The molecule has 0 radical (unpaired) electrons. The van der Waals surface area contributed by atoms with Gasteiger partial charge in [0, 0.05) is 23.3 Å². The number of hydrogen-bond donors (Lipinski definition) is 1. The van der Waals surface area contributed by atoms with E-state index in [1.54, 1.807) is 0 Å². The molecule has 2 unspecified atom stereocenters. The number of aliphatic carboxylic acids is 1. The second kappa shape index (κ2) is 12.5. The Morgan fingerprint density at radius 1 is 0.867 bits per heavy atom. The number of thioether (sulfide) groups is 1. The topological polar surface area (TPSA) is 60.9 Å². The standard InChI is InChI=1S/C38H32N2O3S2/c41-36(42)24-39-37(43)35(45-38(39)44)23-26-17-20-34-32(22-26)30-13-7-8-14-33(30)40(34)29-18-15-25(16-19-29)21-31(27-9-3-1-4-10-27)28-11-5-2-6-12-28/h1-6,9-12,15-23,30,33H,7-8,13-14,24H2,(H,41,42). The highest BCUT2D eigenvalue weighted by Gasteiger charge is 2.40. The van der Waals surface area contributed by atoms with Crippen LogP contribution in [0.3, 0.4) is 0 Å². The predicted octanol–water partition coefficient (Wildman–Crippen LogP) is 8.74. The van der Waals surface area contributed by atoms with Gasteiger partial charge in [-0.2, -0.15) is 0 Å². The van der Waals surface area contributed by atoms with Crippen LogP contribution < -0.4 is 4.90 Å². The zero-order valence-electron chi connectivity index (χ0n) is 24.6. The first-order chi connectivity index (χ1) is 22.0. The summed E-state index contributed by atoms with van der Waals surface area (Å²) in [5.41, 5.74) is 9.37. The Balaban J connectivity index is 1.20. The van der Waals surface area contributed by atoms with Crippen molar-refractivity contribution in [1.29, 1.82) is 0 Å². The summed E-state index contributed by atoms with van der Waals surface area (Å²) in [5.74, 6) is -1.00. The second-order valence-corrected chi connectivity index (χ2v) is 13.4. The molecule has 1 amide bonds.